The number of rotatable bonds is 8. The molecule has 1 aromatic carbocycles. The molecule has 2 amide bonds. The van der Waals surface area contributed by atoms with Gasteiger partial charge in [-0.2, -0.15) is 0 Å². The maximum Gasteiger partial charge on any atom is 0.314 e. The average molecular weight is 281 g/mol. The zero-order chi connectivity index (χ0) is 14.8. The van der Waals surface area contributed by atoms with Crippen LogP contribution in [0.1, 0.15) is 0 Å². The molecule has 0 unspecified atom stereocenters. The highest BCUT2D eigenvalue weighted by molar-refractivity contribution is 5.73. The van der Waals surface area contributed by atoms with Gasteiger partial charge in [-0.3, -0.25) is 0 Å². The van der Waals surface area contributed by atoms with Gasteiger partial charge in [0.2, 0.25) is 0 Å². The monoisotopic (exact) mass is 281 g/mol. The first-order valence-electron chi connectivity index (χ1n) is 6.55. The van der Waals surface area contributed by atoms with Crippen molar-refractivity contribution in [3.05, 3.63) is 24.3 Å². The number of methoxy groups -OCH3 is 1. The number of nitrogens with one attached hydrogen (secondary N) is 2. The lowest BCUT2D eigenvalue weighted by Crippen LogP contribution is -2.40. The number of amides is 2. The van der Waals surface area contributed by atoms with Crippen LogP contribution in [-0.4, -0.2) is 58.4 Å². The fourth-order valence-corrected chi connectivity index (χ4v) is 1.48. The van der Waals surface area contributed by atoms with E-state index in [0.29, 0.717) is 19.7 Å². The van der Waals surface area contributed by atoms with Crippen molar-refractivity contribution in [2.75, 3.05) is 47.4 Å². The second-order valence-corrected chi connectivity index (χ2v) is 4.51. The first-order valence-corrected chi connectivity index (χ1v) is 6.55. The largest absolute Gasteiger partial charge is 0.497 e. The first kappa shape index (κ1) is 16.1. The van der Waals surface area contributed by atoms with Crippen LogP contribution in [0.2, 0.25) is 0 Å². The number of carbonyl (C=O) groups excluding carboxylic acids is 1. The van der Waals surface area contributed by atoms with Crippen LogP contribution in [0.15, 0.2) is 24.3 Å². The zero-order valence-corrected chi connectivity index (χ0v) is 12.3. The first-order chi connectivity index (χ1) is 9.61. The predicted octanol–water partition coefficient (Wildman–Crippen LogP) is 0.935. The van der Waals surface area contributed by atoms with Gasteiger partial charge in [0.1, 0.15) is 18.1 Å². The maximum absolute atomic E-state index is 11.4. The number of benzene rings is 1. The predicted molar refractivity (Wildman–Crippen MR) is 78.4 cm³/mol. The van der Waals surface area contributed by atoms with Crippen molar-refractivity contribution in [3.8, 4) is 11.5 Å². The molecule has 1 aromatic rings. The fourth-order valence-electron chi connectivity index (χ4n) is 1.48. The van der Waals surface area contributed by atoms with Crippen molar-refractivity contribution >= 4 is 6.03 Å². The summed E-state index contributed by atoms with van der Waals surface area (Å²) in [6.45, 7) is 2.29. The van der Waals surface area contributed by atoms with Crippen LogP contribution in [0.3, 0.4) is 0 Å². The van der Waals surface area contributed by atoms with Gasteiger partial charge in [-0.1, -0.05) is 6.07 Å². The Labute approximate surface area is 120 Å². The van der Waals surface area contributed by atoms with Crippen molar-refractivity contribution in [2.45, 2.75) is 0 Å². The van der Waals surface area contributed by atoms with Gasteiger partial charge in [0.05, 0.1) is 13.7 Å². The number of carbonyl (C=O) groups is 1. The van der Waals surface area contributed by atoms with Crippen molar-refractivity contribution in [2.24, 2.45) is 0 Å². The Bertz CT molecular complexity index is 410. The third-order valence-corrected chi connectivity index (χ3v) is 2.54. The van der Waals surface area contributed by atoms with Gasteiger partial charge in [-0.15, -0.1) is 0 Å². The minimum atomic E-state index is -0.180. The molecule has 0 spiro atoms. The Morgan fingerprint density at radius 2 is 1.90 bits per heavy atom. The van der Waals surface area contributed by atoms with Crippen LogP contribution >= 0.6 is 0 Å². The molecule has 0 aliphatic rings. The highest BCUT2D eigenvalue weighted by Gasteiger charge is 2.00. The van der Waals surface area contributed by atoms with E-state index in [-0.39, 0.29) is 6.03 Å². The fraction of sp³-hybridized carbons (Fsp3) is 0.500. The smallest absolute Gasteiger partial charge is 0.314 e. The van der Waals surface area contributed by atoms with Gasteiger partial charge in [0, 0.05) is 19.2 Å². The molecule has 0 atom stereocenters. The Morgan fingerprint density at radius 1 is 1.20 bits per heavy atom. The lowest BCUT2D eigenvalue weighted by molar-refractivity contribution is 0.235. The topological polar surface area (TPSA) is 62.8 Å². The Hall–Kier alpha value is -1.95. The van der Waals surface area contributed by atoms with Gasteiger partial charge in [0.15, 0.2) is 0 Å². The molecule has 1 rings (SSSR count). The minimum Gasteiger partial charge on any atom is -0.497 e. The Kier molecular flexibility index (Phi) is 7.27. The van der Waals surface area contributed by atoms with Crippen molar-refractivity contribution in [3.63, 3.8) is 0 Å². The summed E-state index contributed by atoms with van der Waals surface area (Å²) in [6, 6.07) is 7.18. The lowest BCUT2D eigenvalue weighted by Gasteiger charge is -2.12. The van der Waals surface area contributed by atoms with Crippen molar-refractivity contribution in [1.82, 2.24) is 15.5 Å². The van der Waals surface area contributed by atoms with Crippen LogP contribution in [-0.2, 0) is 0 Å². The van der Waals surface area contributed by atoms with E-state index >= 15 is 0 Å². The second-order valence-electron chi connectivity index (χ2n) is 4.51. The molecule has 0 saturated heterocycles. The molecule has 0 saturated carbocycles. The molecule has 0 heterocycles. The van der Waals surface area contributed by atoms with Crippen LogP contribution < -0.4 is 20.1 Å². The summed E-state index contributed by atoms with van der Waals surface area (Å²) in [5.41, 5.74) is 0. The molecule has 0 fully saturated rings. The summed E-state index contributed by atoms with van der Waals surface area (Å²) in [5.74, 6) is 1.47. The Morgan fingerprint density at radius 3 is 2.60 bits per heavy atom. The van der Waals surface area contributed by atoms with E-state index in [2.05, 4.69) is 10.6 Å². The summed E-state index contributed by atoms with van der Waals surface area (Å²) < 4.78 is 10.6. The summed E-state index contributed by atoms with van der Waals surface area (Å²) in [4.78, 5) is 13.4. The van der Waals surface area contributed by atoms with Gasteiger partial charge >= 0.3 is 6.03 Å². The number of urea groups is 1. The Balaban J connectivity index is 2.13. The highest BCUT2D eigenvalue weighted by atomic mass is 16.5. The van der Waals surface area contributed by atoms with Crippen LogP contribution in [0.4, 0.5) is 4.79 Å². The molecule has 0 aliphatic carbocycles. The standard InChI is InChI=1S/C14H23N3O3/c1-17(2)9-7-15-14(18)16-8-10-20-13-6-4-5-12(11-13)19-3/h4-6,11H,7-10H2,1-3H3,(H2,15,16,18). The average Bonchev–Trinajstić information content (AvgIpc) is 2.43. The summed E-state index contributed by atoms with van der Waals surface area (Å²) >= 11 is 0. The third-order valence-electron chi connectivity index (χ3n) is 2.54. The SMILES string of the molecule is COc1cccc(OCCNC(=O)NCCN(C)C)c1. The van der Waals surface area contributed by atoms with E-state index in [9.17, 15) is 4.79 Å². The van der Waals surface area contributed by atoms with Gasteiger partial charge in [-0.05, 0) is 26.2 Å². The molecule has 20 heavy (non-hydrogen) atoms. The van der Waals surface area contributed by atoms with Gasteiger partial charge < -0.3 is 25.0 Å². The summed E-state index contributed by atoms with van der Waals surface area (Å²) in [7, 11) is 5.53. The van der Waals surface area contributed by atoms with E-state index in [4.69, 9.17) is 9.47 Å². The van der Waals surface area contributed by atoms with E-state index in [1.165, 1.54) is 0 Å². The van der Waals surface area contributed by atoms with E-state index in [1.54, 1.807) is 13.2 Å². The third kappa shape index (κ3) is 6.84. The van der Waals surface area contributed by atoms with Crippen molar-refractivity contribution < 1.29 is 14.3 Å². The number of nitrogens with zero attached hydrogens (tertiary/aromatic N) is 1. The highest BCUT2D eigenvalue weighted by Crippen LogP contribution is 2.18. The molecule has 6 nitrogen and oxygen atoms in total. The zero-order valence-electron chi connectivity index (χ0n) is 12.3. The molecule has 0 aliphatic heterocycles. The van der Waals surface area contributed by atoms with Gasteiger partial charge in [0.25, 0.3) is 0 Å². The molecule has 0 radical (unpaired) electrons. The van der Waals surface area contributed by atoms with E-state index < -0.39 is 0 Å². The number of hydrogen-bond donors (Lipinski definition) is 2. The minimum absolute atomic E-state index is 0.180. The normalized spacial score (nSPS) is 10.2. The summed E-state index contributed by atoms with van der Waals surface area (Å²) in [6.07, 6.45) is 0. The van der Waals surface area contributed by atoms with Crippen molar-refractivity contribution in [1.29, 1.82) is 0 Å². The van der Waals surface area contributed by atoms with Gasteiger partial charge in [-0.25, -0.2) is 4.79 Å². The number of hydrogen-bond acceptors (Lipinski definition) is 4. The molecule has 0 aromatic heterocycles. The molecule has 112 valence electrons. The maximum atomic E-state index is 11.4. The summed E-state index contributed by atoms with van der Waals surface area (Å²) in [5, 5.41) is 5.49. The molecule has 2 N–H and O–H groups in total. The lowest BCUT2D eigenvalue weighted by atomic mass is 10.3. The molecular formula is C14H23N3O3. The quantitative estimate of drug-likeness (QED) is 0.696. The number of likely N-dealkylation sites (N-methyl/N-ethyl adjacent to an activating group) is 1. The second kappa shape index (κ2) is 9.03. The van der Waals surface area contributed by atoms with Crippen LogP contribution in [0.5, 0.6) is 11.5 Å². The van der Waals surface area contributed by atoms with Crippen LogP contribution in [0, 0.1) is 0 Å². The van der Waals surface area contributed by atoms with E-state index in [0.717, 1.165) is 18.0 Å². The van der Waals surface area contributed by atoms with E-state index in [1.807, 2.05) is 37.2 Å². The van der Waals surface area contributed by atoms with Crippen LogP contribution in [0.25, 0.3) is 0 Å². The molecule has 0 bridgehead atoms. The number of ether oxygens (including phenoxy) is 2. The molecular weight excluding hydrogens is 258 g/mol. The molecule has 6 heteroatoms.